The average Bonchev–Trinajstić information content (AvgIpc) is 2.59. The van der Waals surface area contributed by atoms with Crippen molar-refractivity contribution in [1.82, 2.24) is 9.88 Å². The second-order valence-corrected chi connectivity index (χ2v) is 8.41. The zero-order valence-corrected chi connectivity index (χ0v) is 16.7. The number of anilines is 3. The van der Waals surface area contributed by atoms with Gasteiger partial charge >= 0.3 is 0 Å². The number of nitrogens with one attached hydrogen (secondary N) is 1. The standard InChI is InChI=1S/C18H24N4O4S/c1-21(2)12-13-5-6-17-16(9-13)22(7-8-26-17)14-10-15(20-27(4,23)24)18(25-3)19-11-14/h5-6,9-11,20H,7-8,12H2,1-4H3. The Balaban J connectivity index is 2.01. The number of ether oxygens (including phenoxy) is 2. The molecule has 0 bridgehead atoms. The lowest BCUT2D eigenvalue weighted by Crippen LogP contribution is -2.29. The summed E-state index contributed by atoms with van der Waals surface area (Å²) in [7, 11) is 2.03. The van der Waals surface area contributed by atoms with Gasteiger partial charge in [0.15, 0.2) is 0 Å². The third-order valence-corrected chi connectivity index (χ3v) is 4.61. The van der Waals surface area contributed by atoms with E-state index < -0.39 is 10.0 Å². The molecule has 27 heavy (non-hydrogen) atoms. The second-order valence-electron chi connectivity index (χ2n) is 6.66. The summed E-state index contributed by atoms with van der Waals surface area (Å²) < 4.78 is 36.8. The van der Waals surface area contributed by atoms with Crippen molar-refractivity contribution in [1.29, 1.82) is 0 Å². The van der Waals surface area contributed by atoms with Crippen LogP contribution in [-0.2, 0) is 16.6 Å². The molecule has 0 atom stereocenters. The number of aromatic nitrogens is 1. The average molecular weight is 392 g/mol. The van der Waals surface area contributed by atoms with E-state index in [4.69, 9.17) is 9.47 Å². The lowest BCUT2D eigenvalue weighted by molar-refractivity contribution is 0.313. The lowest BCUT2D eigenvalue weighted by Gasteiger charge is -2.32. The predicted molar refractivity (Wildman–Crippen MR) is 106 cm³/mol. The Morgan fingerprint density at radius 2 is 2.11 bits per heavy atom. The monoisotopic (exact) mass is 392 g/mol. The van der Waals surface area contributed by atoms with Crippen molar-refractivity contribution in [2.75, 3.05) is 50.2 Å². The molecule has 0 radical (unpaired) electrons. The first-order valence-corrected chi connectivity index (χ1v) is 10.4. The number of hydrogen-bond donors (Lipinski definition) is 1. The molecule has 9 heteroatoms. The molecular weight excluding hydrogens is 368 g/mol. The van der Waals surface area contributed by atoms with Crippen LogP contribution in [0.2, 0.25) is 0 Å². The Morgan fingerprint density at radius 3 is 2.78 bits per heavy atom. The minimum Gasteiger partial charge on any atom is -0.490 e. The number of nitrogens with zero attached hydrogens (tertiary/aromatic N) is 3. The normalized spacial score (nSPS) is 13.9. The van der Waals surface area contributed by atoms with Gasteiger partial charge in [0.25, 0.3) is 0 Å². The van der Waals surface area contributed by atoms with Gasteiger partial charge in [-0.15, -0.1) is 0 Å². The Morgan fingerprint density at radius 1 is 1.33 bits per heavy atom. The van der Waals surface area contributed by atoms with Crippen LogP contribution in [0.25, 0.3) is 0 Å². The fourth-order valence-corrected chi connectivity index (χ4v) is 3.56. The van der Waals surface area contributed by atoms with Gasteiger partial charge in [-0.3, -0.25) is 4.72 Å². The fraction of sp³-hybridized carbons (Fsp3) is 0.389. The molecule has 1 N–H and O–H groups in total. The first-order chi connectivity index (χ1) is 12.8. The second kappa shape index (κ2) is 7.61. The number of rotatable bonds is 6. The van der Waals surface area contributed by atoms with Crippen LogP contribution in [0, 0.1) is 0 Å². The maximum atomic E-state index is 11.7. The van der Waals surface area contributed by atoms with Crippen LogP contribution in [0.1, 0.15) is 5.56 Å². The van der Waals surface area contributed by atoms with Crippen LogP contribution in [0.3, 0.4) is 0 Å². The van der Waals surface area contributed by atoms with Gasteiger partial charge in [-0.05, 0) is 37.9 Å². The van der Waals surface area contributed by atoms with Crippen LogP contribution < -0.4 is 19.1 Å². The number of benzene rings is 1. The van der Waals surface area contributed by atoms with E-state index in [-0.39, 0.29) is 5.88 Å². The summed E-state index contributed by atoms with van der Waals surface area (Å²) in [5.41, 5.74) is 3.14. The highest BCUT2D eigenvalue weighted by molar-refractivity contribution is 7.92. The number of methoxy groups -OCH3 is 1. The first kappa shape index (κ1) is 19.2. The smallest absolute Gasteiger partial charge is 0.238 e. The summed E-state index contributed by atoms with van der Waals surface area (Å²) in [6.45, 7) is 1.97. The number of sulfonamides is 1. The van der Waals surface area contributed by atoms with E-state index in [2.05, 4.69) is 25.6 Å². The summed E-state index contributed by atoms with van der Waals surface area (Å²) in [5, 5.41) is 0. The summed E-state index contributed by atoms with van der Waals surface area (Å²) in [6.07, 6.45) is 2.76. The summed E-state index contributed by atoms with van der Waals surface area (Å²) in [6, 6.07) is 7.82. The third kappa shape index (κ3) is 4.61. The Hall–Kier alpha value is -2.52. The van der Waals surface area contributed by atoms with E-state index in [0.29, 0.717) is 18.8 Å². The molecule has 2 heterocycles. The SMILES string of the molecule is COc1ncc(N2CCOc3ccc(CN(C)C)cc32)cc1NS(C)(=O)=O. The van der Waals surface area contributed by atoms with E-state index in [9.17, 15) is 8.42 Å². The molecule has 2 aromatic rings. The molecule has 0 spiro atoms. The first-order valence-electron chi connectivity index (χ1n) is 8.46. The van der Waals surface area contributed by atoms with Gasteiger partial charge in [-0.2, -0.15) is 0 Å². The molecule has 0 amide bonds. The molecule has 0 unspecified atom stereocenters. The Labute approximate surface area is 159 Å². The molecule has 8 nitrogen and oxygen atoms in total. The van der Waals surface area contributed by atoms with Crippen molar-refractivity contribution in [2.45, 2.75) is 6.54 Å². The molecule has 1 aliphatic heterocycles. The van der Waals surface area contributed by atoms with Crippen LogP contribution in [0.15, 0.2) is 30.5 Å². The maximum absolute atomic E-state index is 11.7. The molecule has 1 aromatic heterocycles. The van der Waals surface area contributed by atoms with Crippen molar-refractivity contribution < 1.29 is 17.9 Å². The summed E-state index contributed by atoms with van der Waals surface area (Å²) >= 11 is 0. The van der Waals surface area contributed by atoms with Crippen LogP contribution in [0.5, 0.6) is 11.6 Å². The van der Waals surface area contributed by atoms with E-state index in [1.807, 2.05) is 26.2 Å². The van der Waals surface area contributed by atoms with Crippen molar-refractivity contribution >= 4 is 27.1 Å². The zero-order valence-electron chi connectivity index (χ0n) is 15.9. The number of fused-ring (bicyclic) bond motifs is 1. The summed E-state index contributed by atoms with van der Waals surface area (Å²) in [5.74, 6) is 1.01. The minimum atomic E-state index is -3.46. The number of pyridine rings is 1. The highest BCUT2D eigenvalue weighted by Gasteiger charge is 2.22. The molecule has 1 aliphatic rings. The van der Waals surface area contributed by atoms with Gasteiger partial charge in [0.05, 0.1) is 37.5 Å². The molecule has 1 aromatic carbocycles. The zero-order chi connectivity index (χ0) is 19.6. The maximum Gasteiger partial charge on any atom is 0.238 e. The van der Waals surface area contributed by atoms with Crippen molar-refractivity contribution in [2.24, 2.45) is 0 Å². The molecular formula is C18H24N4O4S. The lowest BCUT2D eigenvalue weighted by atomic mass is 10.1. The van der Waals surface area contributed by atoms with Crippen LogP contribution in [-0.4, -0.2) is 58.9 Å². The quantitative estimate of drug-likeness (QED) is 0.805. The van der Waals surface area contributed by atoms with E-state index in [0.717, 1.165) is 35.5 Å². The topological polar surface area (TPSA) is 84.0 Å². The van der Waals surface area contributed by atoms with Crippen molar-refractivity contribution in [3.8, 4) is 11.6 Å². The van der Waals surface area contributed by atoms with E-state index in [1.54, 1.807) is 12.3 Å². The molecule has 3 rings (SSSR count). The van der Waals surface area contributed by atoms with Crippen molar-refractivity contribution in [3.05, 3.63) is 36.0 Å². The van der Waals surface area contributed by atoms with Gasteiger partial charge in [-0.25, -0.2) is 13.4 Å². The van der Waals surface area contributed by atoms with Crippen LogP contribution >= 0.6 is 0 Å². The van der Waals surface area contributed by atoms with E-state index in [1.165, 1.54) is 7.11 Å². The van der Waals surface area contributed by atoms with E-state index >= 15 is 0 Å². The Bertz CT molecular complexity index is 931. The Kier molecular flexibility index (Phi) is 5.43. The molecule has 0 fully saturated rings. The fourth-order valence-electron chi connectivity index (χ4n) is 3.02. The largest absolute Gasteiger partial charge is 0.490 e. The highest BCUT2D eigenvalue weighted by atomic mass is 32.2. The van der Waals surface area contributed by atoms with Gasteiger partial charge in [0.1, 0.15) is 18.0 Å². The van der Waals surface area contributed by atoms with Gasteiger partial charge in [0, 0.05) is 6.54 Å². The number of hydrogen-bond acceptors (Lipinski definition) is 7. The predicted octanol–water partition coefficient (Wildman–Crippen LogP) is 2.05. The van der Waals surface area contributed by atoms with Gasteiger partial charge in [-0.1, -0.05) is 6.07 Å². The van der Waals surface area contributed by atoms with Crippen LogP contribution in [0.4, 0.5) is 17.1 Å². The molecule has 0 aliphatic carbocycles. The molecule has 0 saturated carbocycles. The highest BCUT2D eigenvalue weighted by Crippen LogP contribution is 2.39. The summed E-state index contributed by atoms with van der Waals surface area (Å²) in [4.78, 5) is 8.42. The van der Waals surface area contributed by atoms with Gasteiger partial charge < -0.3 is 19.3 Å². The van der Waals surface area contributed by atoms with Gasteiger partial charge in [0.2, 0.25) is 15.9 Å². The third-order valence-electron chi connectivity index (χ3n) is 4.02. The van der Waals surface area contributed by atoms with Crippen molar-refractivity contribution in [3.63, 3.8) is 0 Å². The molecule has 146 valence electrons. The molecule has 0 saturated heterocycles. The minimum absolute atomic E-state index is 0.221.